The summed E-state index contributed by atoms with van der Waals surface area (Å²) in [6.07, 6.45) is 2.92. The fourth-order valence-corrected chi connectivity index (χ4v) is 1.98. The lowest BCUT2D eigenvalue weighted by Crippen LogP contribution is -2.12. The van der Waals surface area contributed by atoms with Gasteiger partial charge in [-0.25, -0.2) is 0 Å². The van der Waals surface area contributed by atoms with Crippen molar-refractivity contribution < 1.29 is 0 Å². The molecule has 1 unspecified atom stereocenters. The molecule has 1 aromatic heterocycles. The van der Waals surface area contributed by atoms with Gasteiger partial charge in [0, 0.05) is 7.05 Å². The van der Waals surface area contributed by atoms with E-state index in [9.17, 15) is 0 Å². The Morgan fingerprint density at radius 2 is 2.20 bits per heavy atom. The van der Waals surface area contributed by atoms with Crippen molar-refractivity contribution in [2.75, 3.05) is 6.54 Å². The average Bonchev–Trinajstić information content (AvgIpc) is 2.51. The summed E-state index contributed by atoms with van der Waals surface area (Å²) in [5.74, 6) is 0.543. The summed E-state index contributed by atoms with van der Waals surface area (Å²) in [4.78, 5) is 0. The minimum Gasteiger partial charge on any atom is -0.330 e. The van der Waals surface area contributed by atoms with Gasteiger partial charge in [0.15, 0.2) is 0 Å². The molecule has 15 heavy (non-hydrogen) atoms. The largest absolute Gasteiger partial charge is 0.330 e. The first kappa shape index (κ1) is 12.5. The fraction of sp³-hybridized carbons (Fsp3) is 0.727. The van der Waals surface area contributed by atoms with Gasteiger partial charge >= 0.3 is 0 Å². The van der Waals surface area contributed by atoms with Crippen LogP contribution < -0.4 is 5.73 Å². The number of rotatable bonds is 5. The second-order valence-electron chi connectivity index (χ2n) is 4.06. The zero-order valence-electron chi connectivity index (χ0n) is 9.76. The van der Waals surface area contributed by atoms with Crippen molar-refractivity contribution in [2.24, 2.45) is 18.7 Å². The summed E-state index contributed by atoms with van der Waals surface area (Å²) >= 11 is 6.24. The van der Waals surface area contributed by atoms with Crippen LogP contribution >= 0.6 is 11.6 Å². The zero-order valence-corrected chi connectivity index (χ0v) is 10.5. The number of hydrogen-bond acceptors (Lipinski definition) is 2. The van der Waals surface area contributed by atoms with E-state index < -0.39 is 0 Å². The molecule has 0 aromatic carbocycles. The molecular formula is C11H20ClN3. The molecule has 0 aliphatic rings. The van der Waals surface area contributed by atoms with Crippen molar-refractivity contribution in [3.63, 3.8) is 0 Å². The van der Waals surface area contributed by atoms with Crippen LogP contribution in [-0.2, 0) is 19.9 Å². The molecule has 0 radical (unpaired) electrons. The van der Waals surface area contributed by atoms with E-state index in [0.717, 1.165) is 42.2 Å². The predicted octanol–water partition coefficient (Wildman–Crippen LogP) is 2.16. The second kappa shape index (κ2) is 5.52. The molecule has 0 saturated carbocycles. The molecule has 0 fully saturated rings. The molecule has 0 bridgehead atoms. The van der Waals surface area contributed by atoms with Crippen molar-refractivity contribution in [2.45, 2.75) is 33.1 Å². The quantitative estimate of drug-likeness (QED) is 0.841. The Balaban J connectivity index is 2.72. The van der Waals surface area contributed by atoms with E-state index in [1.54, 1.807) is 0 Å². The molecule has 0 aliphatic heterocycles. The van der Waals surface area contributed by atoms with Gasteiger partial charge in [0.2, 0.25) is 0 Å². The number of halogens is 1. The van der Waals surface area contributed by atoms with Gasteiger partial charge in [-0.05, 0) is 31.7 Å². The van der Waals surface area contributed by atoms with Crippen LogP contribution in [0.3, 0.4) is 0 Å². The summed E-state index contributed by atoms with van der Waals surface area (Å²) in [5, 5.41) is 5.22. The summed E-state index contributed by atoms with van der Waals surface area (Å²) < 4.78 is 1.89. The SMILES string of the molecule is CCc1nn(C)c(CCC(C)CN)c1Cl. The number of aryl methyl sites for hydroxylation is 2. The van der Waals surface area contributed by atoms with Crippen LogP contribution in [0.25, 0.3) is 0 Å². The van der Waals surface area contributed by atoms with Gasteiger partial charge in [-0.1, -0.05) is 25.4 Å². The number of aromatic nitrogens is 2. The van der Waals surface area contributed by atoms with E-state index in [-0.39, 0.29) is 0 Å². The van der Waals surface area contributed by atoms with E-state index in [2.05, 4.69) is 18.9 Å². The van der Waals surface area contributed by atoms with Gasteiger partial charge in [0.05, 0.1) is 16.4 Å². The van der Waals surface area contributed by atoms with E-state index in [4.69, 9.17) is 17.3 Å². The van der Waals surface area contributed by atoms with Gasteiger partial charge in [0.1, 0.15) is 0 Å². The van der Waals surface area contributed by atoms with Gasteiger partial charge in [-0.2, -0.15) is 5.10 Å². The van der Waals surface area contributed by atoms with Crippen molar-refractivity contribution in [3.8, 4) is 0 Å². The Labute approximate surface area is 96.6 Å². The van der Waals surface area contributed by atoms with E-state index in [1.807, 2.05) is 11.7 Å². The monoisotopic (exact) mass is 229 g/mol. The van der Waals surface area contributed by atoms with Crippen molar-refractivity contribution in [3.05, 3.63) is 16.4 Å². The van der Waals surface area contributed by atoms with Gasteiger partial charge in [-0.3, -0.25) is 4.68 Å². The maximum Gasteiger partial charge on any atom is 0.0849 e. The molecule has 1 heterocycles. The predicted molar refractivity (Wildman–Crippen MR) is 64.1 cm³/mol. The smallest absolute Gasteiger partial charge is 0.0849 e. The molecular weight excluding hydrogens is 210 g/mol. The maximum absolute atomic E-state index is 6.24. The minimum atomic E-state index is 0.543. The Bertz CT molecular complexity index is 320. The Morgan fingerprint density at radius 1 is 1.53 bits per heavy atom. The standard InChI is InChI=1S/C11H20ClN3/c1-4-9-11(12)10(15(3)14-9)6-5-8(2)7-13/h8H,4-7,13H2,1-3H3. The molecule has 0 amide bonds. The van der Waals surface area contributed by atoms with Gasteiger partial charge in [-0.15, -0.1) is 0 Å². The molecule has 4 heteroatoms. The summed E-state index contributed by atoms with van der Waals surface area (Å²) in [6, 6.07) is 0. The Hall–Kier alpha value is -0.540. The summed E-state index contributed by atoms with van der Waals surface area (Å²) in [5.41, 5.74) is 7.72. The fourth-order valence-electron chi connectivity index (χ4n) is 1.59. The first-order valence-corrected chi connectivity index (χ1v) is 5.88. The van der Waals surface area contributed by atoms with Crippen LogP contribution in [0.5, 0.6) is 0 Å². The molecule has 1 rings (SSSR count). The summed E-state index contributed by atoms with van der Waals surface area (Å²) in [7, 11) is 1.95. The van der Waals surface area contributed by atoms with Crippen molar-refractivity contribution in [1.29, 1.82) is 0 Å². The highest BCUT2D eigenvalue weighted by Crippen LogP contribution is 2.22. The highest BCUT2D eigenvalue weighted by Gasteiger charge is 2.13. The lowest BCUT2D eigenvalue weighted by atomic mass is 10.0. The second-order valence-corrected chi connectivity index (χ2v) is 4.44. The van der Waals surface area contributed by atoms with Crippen molar-refractivity contribution >= 4 is 11.6 Å². The lowest BCUT2D eigenvalue weighted by molar-refractivity contribution is 0.530. The van der Waals surface area contributed by atoms with Crippen molar-refractivity contribution in [1.82, 2.24) is 9.78 Å². The first-order valence-electron chi connectivity index (χ1n) is 5.50. The average molecular weight is 230 g/mol. The number of nitrogens with zero attached hydrogens (tertiary/aromatic N) is 2. The molecule has 86 valence electrons. The van der Waals surface area contributed by atoms with Crippen LogP contribution in [0.1, 0.15) is 31.7 Å². The van der Waals surface area contributed by atoms with Crippen LogP contribution in [0.2, 0.25) is 5.02 Å². The highest BCUT2D eigenvalue weighted by molar-refractivity contribution is 6.31. The van der Waals surface area contributed by atoms with Crippen LogP contribution in [0.4, 0.5) is 0 Å². The summed E-state index contributed by atoms with van der Waals surface area (Å²) in [6.45, 7) is 4.96. The van der Waals surface area contributed by atoms with Gasteiger partial charge < -0.3 is 5.73 Å². The number of hydrogen-bond donors (Lipinski definition) is 1. The topological polar surface area (TPSA) is 43.8 Å². The number of nitrogens with two attached hydrogens (primary N) is 1. The molecule has 0 spiro atoms. The zero-order chi connectivity index (χ0) is 11.4. The lowest BCUT2D eigenvalue weighted by Gasteiger charge is -2.08. The molecule has 0 saturated heterocycles. The molecule has 1 aromatic rings. The van der Waals surface area contributed by atoms with Gasteiger partial charge in [0.25, 0.3) is 0 Å². The van der Waals surface area contributed by atoms with Crippen LogP contribution in [0, 0.1) is 5.92 Å². The maximum atomic E-state index is 6.24. The third-order valence-electron chi connectivity index (χ3n) is 2.78. The minimum absolute atomic E-state index is 0.543. The Kier molecular flexibility index (Phi) is 4.61. The molecule has 2 N–H and O–H groups in total. The highest BCUT2D eigenvalue weighted by atomic mass is 35.5. The van der Waals surface area contributed by atoms with Crippen LogP contribution in [-0.4, -0.2) is 16.3 Å². The first-order chi connectivity index (χ1) is 7.10. The van der Waals surface area contributed by atoms with E-state index in [0.29, 0.717) is 5.92 Å². The third kappa shape index (κ3) is 2.95. The normalized spacial score (nSPS) is 13.1. The molecule has 3 nitrogen and oxygen atoms in total. The Morgan fingerprint density at radius 3 is 2.67 bits per heavy atom. The van der Waals surface area contributed by atoms with E-state index in [1.165, 1.54) is 0 Å². The van der Waals surface area contributed by atoms with Crippen LogP contribution in [0.15, 0.2) is 0 Å². The molecule has 0 aliphatic carbocycles. The van der Waals surface area contributed by atoms with E-state index >= 15 is 0 Å². The third-order valence-corrected chi connectivity index (χ3v) is 3.22. The molecule has 1 atom stereocenters.